The number of hydrogen-bond donors (Lipinski definition) is 1. The zero-order valence-electron chi connectivity index (χ0n) is 15.5. The van der Waals surface area contributed by atoms with Crippen LogP contribution in [-0.2, 0) is 16.1 Å². The normalized spacial score (nSPS) is 17.3. The number of carbonyl (C=O) groups excluding carboxylic acids is 2. The van der Waals surface area contributed by atoms with Crippen LogP contribution in [0.3, 0.4) is 0 Å². The molecule has 1 saturated heterocycles. The van der Waals surface area contributed by atoms with Crippen molar-refractivity contribution in [3.63, 3.8) is 0 Å². The molecule has 2 amide bonds. The Morgan fingerprint density at radius 2 is 2.12 bits per heavy atom. The molecule has 3 rings (SSSR count). The number of benzene rings is 1. The van der Waals surface area contributed by atoms with Crippen LogP contribution >= 0.6 is 0 Å². The molecule has 2 heterocycles. The largest absolute Gasteiger partial charge is 0.330 e. The topological polar surface area (TPSA) is 80.1 Å². The molecular weight excluding hydrogens is 330 g/mol. The minimum atomic E-state index is -0.486. The summed E-state index contributed by atoms with van der Waals surface area (Å²) in [7, 11) is 0. The maximum absolute atomic E-state index is 12.8. The molecule has 0 bridgehead atoms. The van der Waals surface area contributed by atoms with Gasteiger partial charge in [-0.3, -0.25) is 9.59 Å². The van der Waals surface area contributed by atoms with Gasteiger partial charge in [-0.1, -0.05) is 32.9 Å². The standard InChI is InChI=1S/C19H25N5O2/c1-19(2,3)18(26)24-9-5-8-16(24)17(25)22-15-7-4-6-14(10-15)11-23-13-20-12-21-23/h4,6-7,10,12-13,16H,5,8-9,11H2,1-3H3,(H,22,25). The van der Waals surface area contributed by atoms with E-state index in [1.165, 1.54) is 6.33 Å². The molecule has 0 spiro atoms. The predicted molar refractivity (Wildman–Crippen MR) is 98.4 cm³/mol. The zero-order valence-corrected chi connectivity index (χ0v) is 15.5. The molecule has 1 atom stereocenters. The fourth-order valence-corrected chi connectivity index (χ4v) is 3.19. The van der Waals surface area contributed by atoms with Crippen molar-refractivity contribution in [1.29, 1.82) is 0 Å². The lowest BCUT2D eigenvalue weighted by Crippen LogP contribution is -2.47. The fourth-order valence-electron chi connectivity index (χ4n) is 3.19. The van der Waals surface area contributed by atoms with Gasteiger partial charge in [0, 0.05) is 17.6 Å². The van der Waals surface area contributed by atoms with Crippen molar-refractivity contribution in [3.05, 3.63) is 42.5 Å². The fraction of sp³-hybridized carbons (Fsp3) is 0.474. The second-order valence-corrected chi connectivity index (χ2v) is 7.69. The van der Waals surface area contributed by atoms with E-state index in [0.29, 0.717) is 19.5 Å². The summed E-state index contributed by atoms with van der Waals surface area (Å²) in [6, 6.07) is 7.25. The van der Waals surface area contributed by atoms with E-state index in [1.807, 2.05) is 45.0 Å². The van der Waals surface area contributed by atoms with Gasteiger partial charge in [-0.15, -0.1) is 0 Å². The summed E-state index contributed by atoms with van der Waals surface area (Å²) in [5.41, 5.74) is 1.26. The van der Waals surface area contributed by atoms with Crippen molar-refractivity contribution in [2.75, 3.05) is 11.9 Å². The summed E-state index contributed by atoms with van der Waals surface area (Å²) in [6.07, 6.45) is 4.70. The first-order valence-electron chi connectivity index (χ1n) is 8.88. The summed E-state index contributed by atoms with van der Waals surface area (Å²) in [5, 5.41) is 7.05. The van der Waals surface area contributed by atoms with E-state index in [2.05, 4.69) is 15.4 Å². The molecule has 1 aromatic carbocycles. The third-order valence-corrected chi connectivity index (χ3v) is 4.46. The Balaban J connectivity index is 1.68. The van der Waals surface area contributed by atoms with E-state index in [-0.39, 0.29) is 11.8 Å². The van der Waals surface area contributed by atoms with E-state index in [9.17, 15) is 9.59 Å². The summed E-state index contributed by atoms with van der Waals surface area (Å²) in [6.45, 7) is 6.88. The molecule has 0 aliphatic carbocycles. The van der Waals surface area contributed by atoms with E-state index in [4.69, 9.17) is 0 Å². The highest BCUT2D eigenvalue weighted by molar-refractivity contribution is 5.98. The minimum Gasteiger partial charge on any atom is -0.330 e. The van der Waals surface area contributed by atoms with Gasteiger partial charge in [0.15, 0.2) is 0 Å². The molecule has 1 aromatic heterocycles. The second kappa shape index (κ2) is 7.27. The first-order valence-corrected chi connectivity index (χ1v) is 8.88. The van der Waals surface area contributed by atoms with E-state index < -0.39 is 11.5 Å². The number of rotatable bonds is 4. The molecule has 26 heavy (non-hydrogen) atoms. The lowest BCUT2D eigenvalue weighted by atomic mass is 9.94. The van der Waals surface area contributed by atoms with E-state index in [0.717, 1.165) is 17.7 Å². The smallest absolute Gasteiger partial charge is 0.247 e. The minimum absolute atomic E-state index is 0.0232. The third-order valence-electron chi connectivity index (χ3n) is 4.46. The number of hydrogen-bond acceptors (Lipinski definition) is 4. The van der Waals surface area contributed by atoms with Crippen molar-refractivity contribution in [3.8, 4) is 0 Å². The van der Waals surface area contributed by atoms with Gasteiger partial charge in [-0.05, 0) is 30.5 Å². The van der Waals surface area contributed by atoms with Crippen LogP contribution in [0.2, 0.25) is 0 Å². The molecule has 7 nitrogen and oxygen atoms in total. The second-order valence-electron chi connectivity index (χ2n) is 7.69. The molecule has 0 radical (unpaired) electrons. The Kier molecular flexibility index (Phi) is 5.06. The van der Waals surface area contributed by atoms with Crippen LogP contribution in [0.5, 0.6) is 0 Å². The van der Waals surface area contributed by atoms with Gasteiger partial charge in [0.1, 0.15) is 18.7 Å². The molecule has 0 saturated carbocycles. The summed E-state index contributed by atoms with van der Waals surface area (Å²) >= 11 is 0. The lowest BCUT2D eigenvalue weighted by Gasteiger charge is -2.30. The average molecular weight is 355 g/mol. The SMILES string of the molecule is CC(C)(C)C(=O)N1CCCC1C(=O)Nc1cccc(Cn2cncn2)c1. The van der Waals surface area contributed by atoms with Crippen molar-refractivity contribution in [2.45, 2.75) is 46.2 Å². The van der Waals surface area contributed by atoms with Gasteiger partial charge < -0.3 is 10.2 Å². The number of nitrogens with zero attached hydrogens (tertiary/aromatic N) is 4. The van der Waals surface area contributed by atoms with Gasteiger partial charge >= 0.3 is 0 Å². The first kappa shape index (κ1) is 18.1. The Morgan fingerprint density at radius 3 is 2.81 bits per heavy atom. The van der Waals surface area contributed by atoms with Crippen LogP contribution < -0.4 is 5.32 Å². The Hall–Kier alpha value is -2.70. The summed E-state index contributed by atoms with van der Waals surface area (Å²) in [5.74, 6) is -0.104. The predicted octanol–water partition coefficient (Wildman–Crippen LogP) is 2.30. The monoisotopic (exact) mass is 355 g/mol. The molecular formula is C19H25N5O2. The number of carbonyl (C=O) groups is 2. The van der Waals surface area contributed by atoms with Crippen LogP contribution in [-0.4, -0.2) is 44.1 Å². The molecule has 7 heteroatoms. The molecule has 2 aromatic rings. The number of amides is 2. The molecule has 138 valence electrons. The number of nitrogens with one attached hydrogen (secondary N) is 1. The van der Waals surface area contributed by atoms with Gasteiger partial charge in [0.2, 0.25) is 11.8 Å². The van der Waals surface area contributed by atoms with Crippen LogP contribution in [0.25, 0.3) is 0 Å². The zero-order chi connectivity index (χ0) is 18.7. The third kappa shape index (κ3) is 4.09. The number of aromatic nitrogens is 3. The van der Waals surface area contributed by atoms with Gasteiger partial charge in [-0.25, -0.2) is 9.67 Å². The molecule has 1 aliphatic rings. The van der Waals surface area contributed by atoms with Crippen LogP contribution in [0.15, 0.2) is 36.9 Å². The molecule has 1 fully saturated rings. The maximum atomic E-state index is 12.8. The van der Waals surface area contributed by atoms with Gasteiger partial charge in [-0.2, -0.15) is 5.10 Å². The average Bonchev–Trinajstić information content (AvgIpc) is 3.24. The Morgan fingerprint density at radius 1 is 1.31 bits per heavy atom. The van der Waals surface area contributed by atoms with Crippen LogP contribution in [0.4, 0.5) is 5.69 Å². The van der Waals surface area contributed by atoms with Gasteiger partial charge in [0.05, 0.1) is 6.54 Å². The maximum Gasteiger partial charge on any atom is 0.247 e. The van der Waals surface area contributed by atoms with E-state index >= 15 is 0 Å². The lowest BCUT2D eigenvalue weighted by molar-refractivity contribution is -0.143. The number of likely N-dealkylation sites (tertiary alicyclic amines) is 1. The highest BCUT2D eigenvalue weighted by Gasteiger charge is 2.38. The van der Waals surface area contributed by atoms with Crippen molar-refractivity contribution in [1.82, 2.24) is 19.7 Å². The highest BCUT2D eigenvalue weighted by Crippen LogP contribution is 2.26. The highest BCUT2D eigenvalue weighted by atomic mass is 16.2. The quantitative estimate of drug-likeness (QED) is 0.913. The summed E-state index contributed by atoms with van der Waals surface area (Å²) < 4.78 is 1.72. The van der Waals surface area contributed by atoms with E-state index in [1.54, 1.807) is 15.9 Å². The first-order chi connectivity index (χ1) is 12.3. The molecule has 1 N–H and O–H groups in total. The number of anilines is 1. The van der Waals surface area contributed by atoms with Crippen LogP contribution in [0, 0.1) is 5.41 Å². The summed E-state index contributed by atoms with van der Waals surface area (Å²) in [4.78, 5) is 31.0. The molecule has 1 unspecified atom stereocenters. The van der Waals surface area contributed by atoms with Crippen molar-refractivity contribution < 1.29 is 9.59 Å². The Bertz CT molecular complexity index is 779. The molecule has 1 aliphatic heterocycles. The van der Waals surface area contributed by atoms with Crippen molar-refractivity contribution >= 4 is 17.5 Å². The van der Waals surface area contributed by atoms with Crippen LogP contribution in [0.1, 0.15) is 39.2 Å². The Labute approximate surface area is 153 Å². The van der Waals surface area contributed by atoms with Crippen molar-refractivity contribution in [2.24, 2.45) is 5.41 Å². The van der Waals surface area contributed by atoms with Gasteiger partial charge in [0.25, 0.3) is 0 Å².